The van der Waals surface area contributed by atoms with E-state index in [0.29, 0.717) is 14.8 Å². The van der Waals surface area contributed by atoms with Gasteiger partial charge in [-0.1, -0.05) is 17.7 Å². The number of benzene rings is 1. The molecule has 2 aromatic rings. The second-order valence-corrected chi connectivity index (χ2v) is 4.37. The summed E-state index contributed by atoms with van der Waals surface area (Å²) in [5.74, 6) is -0.0304. The van der Waals surface area contributed by atoms with Crippen LogP contribution in [0.1, 0.15) is 0 Å². The number of H-pyrrole nitrogens is 1. The average molecular weight is 247 g/mol. The summed E-state index contributed by atoms with van der Waals surface area (Å²) in [4.78, 5) is 3.96. The Balaban J connectivity index is 2.67. The molecule has 6 heteroatoms. The molecule has 0 unspecified atom stereocenters. The zero-order chi connectivity index (χ0) is 10.1. The zero-order valence-corrected chi connectivity index (χ0v) is 9.14. The van der Waals surface area contributed by atoms with Gasteiger partial charge in [-0.3, -0.25) is 4.37 Å². The van der Waals surface area contributed by atoms with E-state index in [4.69, 9.17) is 23.8 Å². The minimum atomic E-state index is -0.408. The highest BCUT2D eigenvalue weighted by molar-refractivity contribution is 7.73. The van der Waals surface area contributed by atoms with Crippen LogP contribution in [-0.4, -0.2) is 9.36 Å². The topological polar surface area (TPSA) is 28.7 Å². The van der Waals surface area contributed by atoms with E-state index in [2.05, 4.69) is 9.36 Å². The molecule has 1 N–H and O–H groups in total. The lowest BCUT2D eigenvalue weighted by Gasteiger charge is -2.00. The van der Waals surface area contributed by atoms with Crippen molar-refractivity contribution in [3.8, 4) is 11.4 Å². The molecule has 1 heterocycles. The van der Waals surface area contributed by atoms with E-state index in [1.54, 1.807) is 12.1 Å². The van der Waals surface area contributed by atoms with E-state index in [9.17, 15) is 4.39 Å². The molecule has 0 aliphatic heterocycles. The Morgan fingerprint density at radius 1 is 1.50 bits per heavy atom. The Kier molecular flexibility index (Phi) is 2.62. The van der Waals surface area contributed by atoms with Crippen LogP contribution in [0.2, 0.25) is 5.02 Å². The van der Waals surface area contributed by atoms with Gasteiger partial charge >= 0.3 is 0 Å². The Morgan fingerprint density at radius 2 is 2.29 bits per heavy atom. The van der Waals surface area contributed by atoms with Crippen LogP contribution in [-0.2, 0) is 0 Å². The highest BCUT2D eigenvalue weighted by atomic mass is 35.5. The summed E-state index contributed by atoms with van der Waals surface area (Å²) in [6.45, 7) is 0. The molecule has 0 fully saturated rings. The highest BCUT2D eigenvalue weighted by Crippen LogP contribution is 2.28. The number of hydrogen-bond donors (Lipinski definition) is 1. The maximum atomic E-state index is 13.4. The second kappa shape index (κ2) is 3.76. The summed E-state index contributed by atoms with van der Waals surface area (Å²) in [6.07, 6.45) is 0. The molecule has 1 aromatic carbocycles. The average Bonchev–Trinajstić information content (AvgIpc) is 2.51. The predicted molar refractivity (Wildman–Crippen MR) is 57.7 cm³/mol. The molecule has 0 radical (unpaired) electrons. The number of hydrogen-bond acceptors (Lipinski definition) is 3. The standard InChI is InChI=1S/C8H4ClFN2S2/c9-4-2-1-3-5(10)6(4)7-11-8(13)14-12-7/h1-3H,(H,11,12,13). The van der Waals surface area contributed by atoms with Gasteiger partial charge in [0.05, 0.1) is 10.6 Å². The maximum absolute atomic E-state index is 13.4. The molecule has 0 aliphatic carbocycles. The SMILES string of the molecule is Fc1cccc(Cl)c1-c1nc(=S)s[nH]1. The van der Waals surface area contributed by atoms with E-state index in [1.165, 1.54) is 17.6 Å². The molecule has 0 amide bonds. The summed E-state index contributed by atoms with van der Waals surface area (Å²) < 4.78 is 16.6. The van der Waals surface area contributed by atoms with Crippen molar-refractivity contribution in [1.29, 1.82) is 0 Å². The van der Waals surface area contributed by atoms with Gasteiger partial charge in [0.1, 0.15) is 5.82 Å². The third-order valence-corrected chi connectivity index (χ3v) is 2.86. The van der Waals surface area contributed by atoms with Gasteiger partial charge < -0.3 is 0 Å². The molecule has 2 rings (SSSR count). The van der Waals surface area contributed by atoms with Crippen LogP contribution in [0.3, 0.4) is 0 Å². The molecule has 0 aliphatic rings. The van der Waals surface area contributed by atoms with Crippen molar-refractivity contribution in [2.24, 2.45) is 0 Å². The first-order valence-corrected chi connectivity index (χ1v) is 5.28. The van der Waals surface area contributed by atoms with Gasteiger partial charge in [-0.15, -0.1) is 0 Å². The molecular formula is C8H4ClFN2S2. The molecule has 2 nitrogen and oxygen atoms in total. The molecule has 0 saturated carbocycles. The Bertz CT molecular complexity index is 500. The zero-order valence-electron chi connectivity index (χ0n) is 6.75. The number of nitrogens with one attached hydrogen (secondary N) is 1. The van der Waals surface area contributed by atoms with Gasteiger partial charge in [-0.05, 0) is 35.9 Å². The van der Waals surface area contributed by atoms with E-state index in [-0.39, 0.29) is 5.56 Å². The fourth-order valence-corrected chi connectivity index (χ4v) is 2.00. The monoisotopic (exact) mass is 246 g/mol. The van der Waals surface area contributed by atoms with Gasteiger partial charge in [-0.25, -0.2) is 9.37 Å². The van der Waals surface area contributed by atoms with Crippen molar-refractivity contribution in [2.45, 2.75) is 0 Å². The number of rotatable bonds is 1. The molecule has 0 spiro atoms. The fraction of sp³-hybridized carbons (Fsp3) is 0. The summed E-state index contributed by atoms with van der Waals surface area (Å²) in [6, 6.07) is 4.48. The minimum absolute atomic E-state index is 0.265. The molecular weight excluding hydrogens is 243 g/mol. The lowest BCUT2D eigenvalue weighted by Crippen LogP contribution is -1.87. The number of nitrogens with zero attached hydrogens (tertiary/aromatic N) is 1. The molecule has 14 heavy (non-hydrogen) atoms. The molecule has 0 bridgehead atoms. The molecule has 1 aromatic heterocycles. The van der Waals surface area contributed by atoms with Gasteiger partial charge in [0.25, 0.3) is 0 Å². The van der Waals surface area contributed by atoms with Crippen molar-refractivity contribution in [2.75, 3.05) is 0 Å². The first-order chi connectivity index (χ1) is 6.68. The van der Waals surface area contributed by atoms with Crippen LogP contribution < -0.4 is 0 Å². The van der Waals surface area contributed by atoms with Crippen LogP contribution >= 0.6 is 35.4 Å². The van der Waals surface area contributed by atoms with Gasteiger partial charge in [-0.2, -0.15) is 0 Å². The molecule has 72 valence electrons. The summed E-state index contributed by atoms with van der Waals surface area (Å²) >= 11 is 11.8. The fourth-order valence-electron chi connectivity index (χ4n) is 1.06. The minimum Gasteiger partial charge on any atom is -0.292 e. The number of halogens is 2. The number of aromatic amines is 1. The van der Waals surface area contributed by atoms with E-state index in [0.717, 1.165) is 0 Å². The van der Waals surface area contributed by atoms with Crippen molar-refractivity contribution in [3.63, 3.8) is 0 Å². The largest absolute Gasteiger partial charge is 0.292 e. The molecule has 0 atom stereocenters. The number of aromatic nitrogens is 2. The maximum Gasteiger partial charge on any atom is 0.198 e. The van der Waals surface area contributed by atoms with E-state index in [1.807, 2.05) is 0 Å². The van der Waals surface area contributed by atoms with E-state index < -0.39 is 5.82 Å². The summed E-state index contributed by atoms with van der Waals surface area (Å²) in [5, 5.41) is 0.321. The lowest BCUT2D eigenvalue weighted by atomic mass is 10.2. The van der Waals surface area contributed by atoms with Crippen LogP contribution in [0.15, 0.2) is 18.2 Å². The quantitative estimate of drug-likeness (QED) is 0.778. The van der Waals surface area contributed by atoms with Gasteiger partial charge in [0, 0.05) is 0 Å². The van der Waals surface area contributed by atoms with Gasteiger partial charge in [0.2, 0.25) is 0 Å². The third kappa shape index (κ3) is 1.70. The van der Waals surface area contributed by atoms with Crippen molar-refractivity contribution in [3.05, 3.63) is 33.0 Å². The van der Waals surface area contributed by atoms with Crippen molar-refractivity contribution in [1.82, 2.24) is 9.36 Å². The first kappa shape index (κ1) is 9.76. The molecule has 0 saturated heterocycles. The van der Waals surface area contributed by atoms with Crippen LogP contribution in [0.4, 0.5) is 4.39 Å². The van der Waals surface area contributed by atoms with E-state index >= 15 is 0 Å². The Labute approximate surface area is 93.5 Å². The van der Waals surface area contributed by atoms with Gasteiger partial charge in [0.15, 0.2) is 9.78 Å². The summed E-state index contributed by atoms with van der Waals surface area (Å²) in [7, 11) is 0. The lowest BCUT2D eigenvalue weighted by molar-refractivity contribution is 0.630. The van der Waals surface area contributed by atoms with Crippen molar-refractivity contribution < 1.29 is 4.39 Å². The van der Waals surface area contributed by atoms with Crippen LogP contribution in [0, 0.1) is 9.77 Å². The van der Waals surface area contributed by atoms with Crippen molar-refractivity contribution >= 4 is 35.4 Å². The smallest absolute Gasteiger partial charge is 0.198 e. The highest BCUT2D eigenvalue weighted by Gasteiger charge is 2.11. The normalized spacial score (nSPS) is 10.4. The first-order valence-electron chi connectivity index (χ1n) is 3.68. The second-order valence-electron chi connectivity index (χ2n) is 2.53. The Hall–Kier alpha value is -0.780. The van der Waals surface area contributed by atoms with Crippen LogP contribution in [0.5, 0.6) is 0 Å². The summed E-state index contributed by atoms with van der Waals surface area (Å²) in [5.41, 5.74) is 0.265. The third-order valence-electron chi connectivity index (χ3n) is 1.64. The Morgan fingerprint density at radius 3 is 2.86 bits per heavy atom. The predicted octanol–water partition coefficient (Wildman–Crippen LogP) is 3.66. The van der Waals surface area contributed by atoms with Crippen LogP contribution in [0.25, 0.3) is 11.4 Å².